The molecule has 0 saturated carbocycles. The van der Waals surface area contributed by atoms with Gasteiger partial charge in [-0.3, -0.25) is 4.68 Å². The van der Waals surface area contributed by atoms with Gasteiger partial charge in [-0.1, -0.05) is 6.07 Å². The monoisotopic (exact) mass is 579 g/mol. The molecule has 2 N–H and O–H groups in total. The number of alkyl halides is 3. The van der Waals surface area contributed by atoms with Crippen molar-refractivity contribution < 1.29 is 35.1 Å². The molecule has 1 aromatic carbocycles. The number of β-amino-alcohol motifs (C(OH)–C–C–N with tert-alkyl or cyclic N) is 1. The van der Waals surface area contributed by atoms with Crippen LogP contribution in [-0.4, -0.2) is 85.7 Å². The summed E-state index contributed by atoms with van der Waals surface area (Å²) in [5.41, 5.74) is 0.602. The van der Waals surface area contributed by atoms with Gasteiger partial charge in [-0.2, -0.15) is 22.6 Å². The number of halogens is 3. The predicted octanol–water partition coefficient (Wildman–Crippen LogP) is 1.39. The van der Waals surface area contributed by atoms with E-state index < -0.39 is 44.4 Å². The summed E-state index contributed by atoms with van der Waals surface area (Å²) >= 11 is 0. The third-order valence-electron chi connectivity index (χ3n) is 6.83. The molecule has 38 heavy (non-hydrogen) atoms. The maximum absolute atomic E-state index is 13.7. The number of hydrogen-bond acceptors (Lipinski definition) is 7. The fourth-order valence-corrected chi connectivity index (χ4v) is 6.23. The van der Waals surface area contributed by atoms with Crippen LogP contribution >= 0.6 is 0 Å². The molecule has 2 aliphatic heterocycles. The molecule has 10 nitrogen and oxygen atoms in total. The number of rotatable bonds is 9. The molecule has 0 radical (unpaired) electrons. The number of nitrogens with zero attached hydrogens (tertiary/aromatic N) is 4. The largest absolute Gasteiger partial charge is 0.416 e. The second-order valence-corrected chi connectivity index (χ2v) is 13.7. The van der Waals surface area contributed by atoms with E-state index in [4.69, 9.17) is 0 Å². The van der Waals surface area contributed by atoms with Crippen molar-refractivity contribution in [1.29, 1.82) is 0 Å². The third kappa shape index (κ3) is 6.93. The summed E-state index contributed by atoms with van der Waals surface area (Å²) in [5.74, 6) is 0. The van der Waals surface area contributed by atoms with E-state index in [1.807, 2.05) is 0 Å². The molecule has 1 aromatic heterocycles. The van der Waals surface area contributed by atoms with Crippen LogP contribution in [0.4, 0.5) is 13.2 Å². The molecule has 2 aliphatic rings. The highest BCUT2D eigenvalue weighted by atomic mass is 32.2. The van der Waals surface area contributed by atoms with E-state index in [0.717, 1.165) is 50.2 Å². The number of likely N-dealkylation sites (tertiary alicyclic amines) is 1. The zero-order chi connectivity index (χ0) is 27.9. The summed E-state index contributed by atoms with van der Waals surface area (Å²) in [6.07, 6.45) is -1.03. The summed E-state index contributed by atoms with van der Waals surface area (Å²) in [6.45, 7) is 2.05. The van der Waals surface area contributed by atoms with Crippen molar-refractivity contribution in [2.45, 2.75) is 51.2 Å². The smallest absolute Gasteiger partial charge is 0.390 e. The van der Waals surface area contributed by atoms with Crippen LogP contribution in [0.1, 0.15) is 35.2 Å². The van der Waals surface area contributed by atoms with Gasteiger partial charge in [-0.15, -0.1) is 0 Å². The van der Waals surface area contributed by atoms with Crippen molar-refractivity contribution in [1.82, 2.24) is 23.7 Å². The van der Waals surface area contributed by atoms with Crippen molar-refractivity contribution >= 4 is 20.0 Å². The van der Waals surface area contributed by atoms with Crippen LogP contribution in [0.15, 0.2) is 18.2 Å². The van der Waals surface area contributed by atoms with E-state index in [9.17, 15) is 35.1 Å². The molecule has 1 saturated heterocycles. The number of nitrogens with one attached hydrogen (secondary N) is 1. The first-order valence-electron chi connectivity index (χ1n) is 12.2. The number of hydrogen-bond donors (Lipinski definition) is 2. The highest BCUT2D eigenvalue weighted by Crippen LogP contribution is 2.37. The minimum absolute atomic E-state index is 0.0103. The van der Waals surface area contributed by atoms with Crippen LogP contribution in [0, 0.1) is 0 Å². The number of aliphatic hydroxyl groups is 1. The van der Waals surface area contributed by atoms with Crippen molar-refractivity contribution in [2.75, 3.05) is 38.7 Å². The first-order valence-corrected chi connectivity index (χ1v) is 15.9. The normalized spacial score (nSPS) is 18.6. The zero-order valence-corrected chi connectivity index (χ0v) is 22.8. The van der Waals surface area contributed by atoms with E-state index in [1.54, 1.807) is 4.68 Å². The molecular weight excluding hydrogens is 547 g/mol. The number of fused-ring (bicyclic) bond motifs is 1. The Kier molecular flexibility index (Phi) is 8.27. The van der Waals surface area contributed by atoms with Gasteiger partial charge in [0, 0.05) is 49.4 Å². The van der Waals surface area contributed by atoms with Gasteiger partial charge in [0.05, 0.1) is 36.4 Å². The first kappa shape index (κ1) is 29.0. The minimum Gasteiger partial charge on any atom is -0.390 e. The molecule has 0 spiro atoms. The summed E-state index contributed by atoms with van der Waals surface area (Å²) in [5, 5.41) is 15.4. The Morgan fingerprint density at radius 3 is 2.37 bits per heavy atom. The molecule has 2 aromatic rings. The number of aromatic nitrogens is 2. The Balaban J connectivity index is 1.74. The lowest BCUT2D eigenvalue weighted by molar-refractivity contribution is -0.138. The van der Waals surface area contributed by atoms with Gasteiger partial charge in [0.2, 0.25) is 20.0 Å². The molecule has 1 unspecified atom stereocenters. The van der Waals surface area contributed by atoms with Crippen molar-refractivity contribution in [3.63, 3.8) is 0 Å². The fourth-order valence-electron chi connectivity index (χ4n) is 5.03. The van der Waals surface area contributed by atoms with Gasteiger partial charge < -0.3 is 10.0 Å². The number of aliphatic hydroxyl groups excluding tert-OH is 1. The quantitative estimate of drug-likeness (QED) is 0.460. The van der Waals surface area contributed by atoms with E-state index in [0.29, 0.717) is 29.8 Å². The number of benzene rings is 1. The number of sulfonamides is 2. The maximum Gasteiger partial charge on any atom is 0.416 e. The second kappa shape index (κ2) is 10.8. The highest BCUT2D eigenvalue weighted by Gasteiger charge is 2.35. The Morgan fingerprint density at radius 1 is 1.08 bits per heavy atom. The Bertz CT molecular complexity index is 1390. The minimum atomic E-state index is -4.71. The van der Waals surface area contributed by atoms with E-state index in [1.165, 1.54) is 16.4 Å². The third-order valence-corrected chi connectivity index (χ3v) is 8.75. The molecule has 0 aliphatic carbocycles. The fraction of sp³-hybridized carbons (Fsp3) is 0.609. The van der Waals surface area contributed by atoms with Gasteiger partial charge in [0.25, 0.3) is 0 Å². The molecule has 212 valence electrons. The molecule has 3 heterocycles. The summed E-state index contributed by atoms with van der Waals surface area (Å²) in [4.78, 5) is 2.16. The molecule has 0 amide bonds. The molecule has 1 fully saturated rings. The van der Waals surface area contributed by atoms with E-state index in [-0.39, 0.29) is 25.2 Å². The topological polar surface area (TPSA) is 125 Å². The van der Waals surface area contributed by atoms with Crippen LogP contribution in [0.2, 0.25) is 0 Å². The lowest BCUT2D eigenvalue weighted by Crippen LogP contribution is -2.37. The predicted molar refractivity (Wildman–Crippen MR) is 135 cm³/mol. The van der Waals surface area contributed by atoms with Crippen LogP contribution in [0.3, 0.4) is 0 Å². The van der Waals surface area contributed by atoms with Crippen LogP contribution < -0.4 is 4.72 Å². The van der Waals surface area contributed by atoms with Crippen LogP contribution in [-0.2, 0) is 52.3 Å². The van der Waals surface area contributed by atoms with E-state index in [2.05, 4.69) is 14.7 Å². The van der Waals surface area contributed by atoms with Crippen LogP contribution in [0.5, 0.6) is 0 Å². The Labute approximate surface area is 220 Å². The van der Waals surface area contributed by atoms with Crippen molar-refractivity contribution in [2.24, 2.45) is 0 Å². The summed E-state index contributed by atoms with van der Waals surface area (Å²) in [6, 6.07) is 3.35. The highest BCUT2D eigenvalue weighted by molar-refractivity contribution is 7.88. The molecule has 15 heteroatoms. The maximum atomic E-state index is 13.7. The molecule has 4 rings (SSSR count). The second-order valence-electron chi connectivity index (χ2n) is 9.93. The van der Waals surface area contributed by atoms with Crippen molar-refractivity contribution in [3.05, 3.63) is 40.6 Å². The molecule has 1 atom stereocenters. The van der Waals surface area contributed by atoms with Gasteiger partial charge in [0.15, 0.2) is 0 Å². The summed E-state index contributed by atoms with van der Waals surface area (Å²) < 4.78 is 93.7. The summed E-state index contributed by atoms with van der Waals surface area (Å²) in [7, 11) is -7.30. The average Bonchev–Trinajstić information content (AvgIpc) is 3.43. The van der Waals surface area contributed by atoms with Gasteiger partial charge in [0.1, 0.15) is 0 Å². The lowest BCUT2D eigenvalue weighted by Gasteiger charge is -2.26. The zero-order valence-electron chi connectivity index (χ0n) is 21.2. The first-order chi connectivity index (χ1) is 17.6. The Morgan fingerprint density at radius 2 is 1.76 bits per heavy atom. The van der Waals surface area contributed by atoms with Crippen molar-refractivity contribution in [3.8, 4) is 11.3 Å². The average molecular weight is 580 g/mol. The Hall–Kier alpha value is -2.04. The molecular formula is C23H32F3N5O5S2. The van der Waals surface area contributed by atoms with Gasteiger partial charge >= 0.3 is 6.18 Å². The SMILES string of the molecule is CS(=O)(=O)NCc1cc(-c2nn(CC(O)CN3CCCC3)c3c2CN(S(C)(=O)=O)CC3)ccc1C(F)(F)F. The van der Waals surface area contributed by atoms with Gasteiger partial charge in [-0.25, -0.2) is 21.6 Å². The molecule has 0 bridgehead atoms. The van der Waals surface area contributed by atoms with Gasteiger partial charge in [-0.05, 0) is 43.6 Å². The van der Waals surface area contributed by atoms with E-state index >= 15 is 0 Å². The van der Waals surface area contributed by atoms with Crippen LogP contribution in [0.25, 0.3) is 11.3 Å². The standard InChI is InChI=1S/C23H32F3N5O5S2/c1-37(33,34)27-12-17-11-16(5-6-20(17)23(24,25)26)22-19-15-30(38(2,35)36)10-7-21(19)31(28-22)14-18(32)13-29-8-3-4-9-29/h5-6,11,18,27,32H,3-4,7-10,12-15H2,1-2H3. The lowest BCUT2D eigenvalue weighted by atomic mass is 9.97.